The maximum absolute atomic E-state index is 11.2. The first-order chi connectivity index (χ1) is 5.77. The van der Waals surface area contributed by atoms with Crippen molar-refractivity contribution in [2.75, 3.05) is 0 Å². The largest absolute Gasteiger partial charge is 0.408 e. The summed E-state index contributed by atoms with van der Waals surface area (Å²) in [7, 11) is 0. The third-order valence-corrected chi connectivity index (χ3v) is 1.64. The van der Waals surface area contributed by atoms with E-state index in [9.17, 15) is 4.79 Å². The van der Waals surface area contributed by atoms with E-state index in [1.165, 1.54) is 0 Å². The Morgan fingerprint density at radius 2 is 2.08 bits per heavy atom. The van der Waals surface area contributed by atoms with Crippen LogP contribution in [-0.2, 0) is 0 Å². The van der Waals surface area contributed by atoms with E-state index >= 15 is 0 Å². The van der Waals surface area contributed by atoms with Crippen molar-refractivity contribution in [3.8, 4) is 0 Å². The number of aromatic nitrogens is 1. The minimum absolute atomic E-state index is 0.321. The molecule has 2 rings (SSSR count). The van der Waals surface area contributed by atoms with Crippen molar-refractivity contribution < 1.29 is 4.42 Å². The Kier molecular flexibility index (Phi) is 1.43. The minimum atomic E-state index is -0.321. The summed E-state index contributed by atoms with van der Waals surface area (Å²) in [6.45, 7) is 1.66. The molecule has 2 aromatic rings. The average Bonchev–Trinajstić information content (AvgIpc) is 2.04. The maximum Gasteiger partial charge on any atom is 0.346 e. The fourth-order valence-electron chi connectivity index (χ4n) is 1.13. The van der Waals surface area contributed by atoms with Gasteiger partial charge in [-0.1, -0.05) is 12.1 Å². The highest BCUT2D eigenvalue weighted by Gasteiger charge is 2.00. The number of rotatable bonds is 0. The van der Waals surface area contributed by atoms with Crippen molar-refractivity contribution in [3.05, 3.63) is 40.6 Å². The van der Waals surface area contributed by atoms with E-state index < -0.39 is 0 Å². The summed E-state index contributed by atoms with van der Waals surface area (Å²) in [6.07, 6.45) is 0. The summed E-state index contributed by atoms with van der Waals surface area (Å²) in [5, 5.41) is 0.531. The second-order valence-electron chi connectivity index (χ2n) is 2.54. The molecule has 3 heteroatoms. The molecule has 0 spiro atoms. The SMILES string of the molecule is Cc1nc2ccccc2[13c](=O)o1. The van der Waals surface area contributed by atoms with E-state index in [1.54, 1.807) is 25.1 Å². The predicted octanol–water partition coefficient (Wildman–Crippen LogP) is 1.50. The Morgan fingerprint density at radius 1 is 1.33 bits per heavy atom. The fourth-order valence-corrected chi connectivity index (χ4v) is 1.13. The molecule has 0 saturated carbocycles. The van der Waals surface area contributed by atoms with Gasteiger partial charge in [0.1, 0.15) is 0 Å². The molecule has 3 nitrogen and oxygen atoms in total. The van der Waals surface area contributed by atoms with Crippen molar-refractivity contribution in [1.29, 1.82) is 0 Å². The number of fused-ring (bicyclic) bond motifs is 1. The number of aryl methyl sites for hydroxylation is 1. The monoisotopic (exact) mass is 162 g/mol. The number of hydrogen-bond donors (Lipinski definition) is 0. The molecule has 1 heterocycles. The van der Waals surface area contributed by atoms with Crippen molar-refractivity contribution in [3.63, 3.8) is 0 Å². The van der Waals surface area contributed by atoms with Crippen molar-refractivity contribution in [2.24, 2.45) is 0 Å². The van der Waals surface area contributed by atoms with Gasteiger partial charge < -0.3 is 4.42 Å². The Balaban J connectivity index is 2.99. The van der Waals surface area contributed by atoms with Crippen molar-refractivity contribution >= 4 is 10.9 Å². The van der Waals surface area contributed by atoms with E-state index in [2.05, 4.69) is 4.98 Å². The lowest BCUT2D eigenvalue weighted by atomic mass is 10.3. The van der Waals surface area contributed by atoms with Gasteiger partial charge in [0.05, 0.1) is 10.9 Å². The van der Waals surface area contributed by atoms with Gasteiger partial charge in [-0.15, -0.1) is 0 Å². The Labute approximate surface area is 68.7 Å². The van der Waals surface area contributed by atoms with E-state index in [1.807, 2.05) is 6.07 Å². The normalized spacial score (nSPS) is 10.4. The molecule has 0 bridgehead atoms. The first-order valence-corrected chi connectivity index (χ1v) is 3.64. The molecular formula is C9H7NO2. The summed E-state index contributed by atoms with van der Waals surface area (Å²) in [4.78, 5) is 15.3. The first kappa shape index (κ1) is 7.03. The van der Waals surface area contributed by atoms with E-state index in [4.69, 9.17) is 4.42 Å². The lowest BCUT2D eigenvalue weighted by Gasteiger charge is -1.94. The van der Waals surface area contributed by atoms with Crippen LogP contribution < -0.4 is 5.63 Å². The highest BCUT2D eigenvalue weighted by molar-refractivity contribution is 5.76. The van der Waals surface area contributed by atoms with Crippen molar-refractivity contribution in [2.45, 2.75) is 6.92 Å². The summed E-state index contributed by atoms with van der Waals surface area (Å²) in [6, 6.07) is 7.12. The van der Waals surface area contributed by atoms with Gasteiger partial charge in [-0.25, -0.2) is 9.78 Å². The van der Waals surface area contributed by atoms with Gasteiger partial charge in [0.25, 0.3) is 0 Å². The van der Waals surface area contributed by atoms with Gasteiger partial charge in [-0.2, -0.15) is 0 Å². The van der Waals surface area contributed by atoms with Gasteiger partial charge >= 0.3 is 5.63 Å². The summed E-state index contributed by atoms with van der Waals surface area (Å²) in [5.74, 6) is 0.402. The lowest BCUT2D eigenvalue weighted by molar-refractivity contribution is 0.467. The highest BCUT2D eigenvalue weighted by atomic mass is 16.5. The molecule has 60 valence electrons. The predicted molar refractivity (Wildman–Crippen MR) is 45.0 cm³/mol. The molecule has 0 radical (unpaired) electrons. The molecule has 0 aliphatic carbocycles. The van der Waals surface area contributed by atoms with E-state index in [0.29, 0.717) is 16.8 Å². The Morgan fingerprint density at radius 3 is 2.92 bits per heavy atom. The van der Waals surface area contributed by atoms with Crippen molar-refractivity contribution in [1.82, 2.24) is 4.98 Å². The van der Waals surface area contributed by atoms with Crippen LogP contribution >= 0.6 is 0 Å². The van der Waals surface area contributed by atoms with E-state index in [0.717, 1.165) is 0 Å². The maximum atomic E-state index is 11.2. The zero-order valence-electron chi connectivity index (χ0n) is 6.57. The minimum Gasteiger partial charge on any atom is -0.408 e. The van der Waals surface area contributed by atoms with Crippen LogP contribution in [0.25, 0.3) is 10.9 Å². The molecule has 0 unspecified atom stereocenters. The van der Waals surface area contributed by atoms with Crippen LogP contribution in [0.1, 0.15) is 5.89 Å². The lowest BCUT2D eigenvalue weighted by Crippen LogP contribution is -2.02. The molecule has 12 heavy (non-hydrogen) atoms. The molecular weight excluding hydrogens is 155 g/mol. The van der Waals surface area contributed by atoms with Crippen LogP contribution in [0.4, 0.5) is 0 Å². The van der Waals surface area contributed by atoms with Crippen LogP contribution in [0.15, 0.2) is 33.5 Å². The Bertz CT molecular complexity index is 473. The molecule has 0 atom stereocenters. The summed E-state index contributed by atoms with van der Waals surface area (Å²) >= 11 is 0. The second kappa shape index (κ2) is 2.44. The zero-order chi connectivity index (χ0) is 8.55. The molecule has 0 aliphatic heterocycles. The number of para-hydroxylation sites is 1. The quantitative estimate of drug-likeness (QED) is 0.589. The highest BCUT2D eigenvalue weighted by Crippen LogP contribution is 2.05. The molecule has 0 aliphatic rings. The standard InChI is InChI=1S/C9H7NO2/c1-6-10-8-5-3-2-4-7(8)9(11)12-6/h2-5H,1H3/i9+1. The van der Waals surface area contributed by atoms with Crippen LogP contribution in [0, 0.1) is 6.92 Å². The topological polar surface area (TPSA) is 43.1 Å². The van der Waals surface area contributed by atoms with Crippen LogP contribution in [-0.4, -0.2) is 4.98 Å². The first-order valence-electron chi connectivity index (χ1n) is 3.64. The van der Waals surface area contributed by atoms with Gasteiger partial charge in [0.15, 0.2) is 5.89 Å². The molecule has 0 saturated heterocycles. The summed E-state index contributed by atoms with van der Waals surface area (Å²) < 4.78 is 4.82. The zero-order valence-corrected chi connectivity index (χ0v) is 6.57. The van der Waals surface area contributed by atoms with E-state index in [-0.39, 0.29) is 5.63 Å². The molecule has 0 amide bonds. The van der Waals surface area contributed by atoms with Gasteiger partial charge in [-0.05, 0) is 12.1 Å². The van der Waals surface area contributed by atoms with Crippen LogP contribution in [0.2, 0.25) is 0 Å². The van der Waals surface area contributed by atoms with Crippen LogP contribution in [0.5, 0.6) is 0 Å². The smallest absolute Gasteiger partial charge is 0.346 e. The fraction of sp³-hybridized carbons (Fsp3) is 0.111. The van der Waals surface area contributed by atoms with Gasteiger partial charge in [0, 0.05) is 6.92 Å². The molecule has 1 aromatic carbocycles. The third-order valence-electron chi connectivity index (χ3n) is 1.64. The number of hydrogen-bond acceptors (Lipinski definition) is 3. The molecule has 0 fully saturated rings. The number of nitrogens with zero attached hydrogens (tertiary/aromatic N) is 1. The number of benzene rings is 1. The van der Waals surface area contributed by atoms with Gasteiger partial charge in [0.2, 0.25) is 0 Å². The van der Waals surface area contributed by atoms with Gasteiger partial charge in [-0.3, -0.25) is 0 Å². The van der Waals surface area contributed by atoms with Crippen LogP contribution in [0.3, 0.4) is 0 Å². The molecule has 1 aromatic heterocycles. The average molecular weight is 162 g/mol. The summed E-state index contributed by atoms with van der Waals surface area (Å²) in [5.41, 5.74) is 0.365. The third kappa shape index (κ3) is 0.993. The second-order valence-corrected chi connectivity index (χ2v) is 2.54. The Hall–Kier alpha value is -1.64. The molecule has 0 N–H and O–H groups in total.